The van der Waals surface area contributed by atoms with Crippen LogP contribution in [0.1, 0.15) is 278 Å². The van der Waals surface area contributed by atoms with Crippen molar-refractivity contribution in [2.45, 2.75) is 278 Å². The van der Waals surface area contributed by atoms with Crippen LogP contribution in [0.3, 0.4) is 0 Å². The molecule has 62 heavy (non-hydrogen) atoms. The molecule has 0 radical (unpaired) electrons. The molecule has 1 aliphatic rings. The van der Waals surface area contributed by atoms with E-state index in [0.29, 0.717) is 38.4 Å². The average Bonchev–Trinajstić information content (AvgIpc) is 3.80. The second-order valence-electron chi connectivity index (χ2n) is 19.6. The van der Waals surface area contributed by atoms with Crippen LogP contribution < -0.4 is 0 Å². The second-order valence-corrected chi connectivity index (χ2v) is 19.6. The van der Waals surface area contributed by atoms with Crippen LogP contribution in [0.2, 0.25) is 0 Å². The van der Waals surface area contributed by atoms with Gasteiger partial charge in [0, 0.05) is 38.9 Å². The van der Waals surface area contributed by atoms with Crippen LogP contribution in [0.4, 0.5) is 0 Å². The molecule has 1 fully saturated rings. The second kappa shape index (κ2) is 44.6. The fraction of sp³-hybridized carbons (Fsp3) is 0.945. The monoisotopic (exact) mass is 875 g/mol. The van der Waals surface area contributed by atoms with E-state index in [2.05, 4.69) is 37.5 Å². The summed E-state index contributed by atoms with van der Waals surface area (Å²) in [6, 6.07) is 0. The molecular weight excluding hydrogens is 769 g/mol. The Morgan fingerprint density at radius 1 is 0.419 bits per heavy atom. The van der Waals surface area contributed by atoms with Crippen LogP contribution in [0.25, 0.3) is 0 Å². The van der Waals surface area contributed by atoms with Crippen molar-refractivity contribution in [1.29, 1.82) is 0 Å². The highest BCUT2D eigenvalue weighted by Crippen LogP contribution is 2.25. The number of amides is 1. The van der Waals surface area contributed by atoms with Gasteiger partial charge in [-0.25, -0.2) is 0 Å². The number of hydrogen-bond donors (Lipinski definition) is 0. The molecular formula is C55H106N2O5. The molecule has 0 aliphatic carbocycles. The molecule has 366 valence electrons. The lowest BCUT2D eigenvalue weighted by Gasteiger charge is -2.24. The number of rotatable bonds is 47. The third-order valence-electron chi connectivity index (χ3n) is 13.7. The van der Waals surface area contributed by atoms with Gasteiger partial charge in [0.1, 0.15) is 0 Å². The van der Waals surface area contributed by atoms with E-state index in [1.807, 2.05) is 0 Å². The molecule has 0 aromatic carbocycles. The number of esters is 2. The van der Waals surface area contributed by atoms with Crippen LogP contribution in [0, 0.1) is 11.8 Å². The van der Waals surface area contributed by atoms with E-state index in [-0.39, 0.29) is 11.9 Å². The smallest absolute Gasteiger partial charge is 0.305 e. The van der Waals surface area contributed by atoms with E-state index < -0.39 is 0 Å². The summed E-state index contributed by atoms with van der Waals surface area (Å²) in [5.74, 6) is 1.83. The highest BCUT2D eigenvalue weighted by Gasteiger charge is 2.18. The summed E-state index contributed by atoms with van der Waals surface area (Å²) >= 11 is 0. The summed E-state index contributed by atoms with van der Waals surface area (Å²) < 4.78 is 11.3. The molecule has 7 nitrogen and oxygen atoms in total. The Kier molecular flexibility index (Phi) is 42.0. The van der Waals surface area contributed by atoms with Gasteiger partial charge in [0.15, 0.2) is 0 Å². The Hall–Kier alpha value is -1.63. The zero-order valence-corrected chi connectivity index (χ0v) is 42.1. The molecule has 7 heteroatoms. The Bertz CT molecular complexity index is 914. The number of likely N-dealkylation sites (tertiary alicyclic amines) is 1. The van der Waals surface area contributed by atoms with Gasteiger partial charge in [0.05, 0.1) is 13.2 Å². The number of hydrogen-bond acceptors (Lipinski definition) is 6. The van der Waals surface area contributed by atoms with Crippen molar-refractivity contribution < 1.29 is 23.9 Å². The molecule has 1 heterocycles. The number of unbranched alkanes of at least 4 members (excludes halogenated alkanes) is 20. The lowest BCUT2D eigenvalue weighted by atomic mass is 9.90. The van der Waals surface area contributed by atoms with Crippen molar-refractivity contribution in [3.8, 4) is 0 Å². The van der Waals surface area contributed by atoms with Crippen molar-refractivity contribution in [2.24, 2.45) is 11.8 Å². The van der Waals surface area contributed by atoms with Gasteiger partial charge in [-0.05, 0) is 89.1 Å². The van der Waals surface area contributed by atoms with Crippen molar-refractivity contribution in [1.82, 2.24) is 9.80 Å². The van der Waals surface area contributed by atoms with E-state index in [1.54, 1.807) is 0 Å². The molecule has 1 saturated heterocycles. The first-order valence-electron chi connectivity index (χ1n) is 27.7. The minimum Gasteiger partial charge on any atom is -0.466 e. The van der Waals surface area contributed by atoms with Gasteiger partial charge < -0.3 is 19.3 Å². The number of carbonyl (C=O) groups excluding carboxylic acids is 3. The molecule has 0 unspecified atom stereocenters. The fourth-order valence-corrected chi connectivity index (χ4v) is 9.54. The van der Waals surface area contributed by atoms with E-state index in [4.69, 9.17) is 9.47 Å². The van der Waals surface area contributed by atoms with E-state index >= 15 is 0 Å². The van der Waals surface area contributed by atoms with Gasteiger partial charge in [-0.3, -0.25) is 14.4 Å². The molecule has 0 saturated carbocycles. The summed E-state index contributed by atoms with van der Waals surface area (Å²) in [5, 5.41) is 0. The van der Waals surface area contributed by atoms with E-state index in [1.165, 1.54) is 154 Å². The maximum atomic E-state index is 13.3. The predicted octanol–water partition coefficient (Wildman–Crippen LogP) is 15.7. The first-order chi connectivity index (χ1) is 30.4. The van der Waals surface area contributed by atoms with Crippen LogP contribution in [0.15, 0.2) is 0 Å². The van der Waals surface area contributed by atoms with Crippen LogP contribution in [-0.2, 0) is 23.9 Å². The lowest BCUT2D eigenvalue weighted by Crippen LogP contribution is -2.35. The fourth-order valence-electron chi connectivity index (χ4n) is 9.54. The largest absolute Gasteiger partial charge is 0.466 e. The molecule has 0 bridgehead atoms. The maximum absolute atomic E-state index is 13.3. The molecule has 0 aromatic rings. The van der Waals surface area contributed by atoms with Crippen molar-refractivity contribution in [3.05, 3.63) is 0 Å². The number of carbonyl (C=O) groups is 3. The lowest BCUT2D eigenvalue weighted by molar-refractivity contribution is -0.144. The molecule has 0 aromatic heterocycles. The first-order valence-corrected chi connectivity index (χ1v) is 27.7. The number of ether oxygens (including phenoxy) is 2. The molecule has 1 rings (SSSR count). The Morgan fingerprint density at radius 2 is 0.758 bits per heavy atom. The average molecular weight is 875 g/mol. The van der Waals surface area contributed by atoms with Gasteiger partial charge in [-0.2, -0.15) is 0 Å². The molecule has 1 amide bonds. The summed E-state index contributed by atoms with van der Waals surface area (Å²) in [6.45, 7) is 15.0. The summed E-state index contributed by atoms with van der Waals surface area (Å²) in [4.78, 5) is 42.9. The van der Waals surface area contributed by atoms with Gasteiger partial charge in [0.25, 0.3) is 0 Å². The Balaban J connectivity index is 2.25. The van der Waals surface area contributed by atoms with E-state index in [0.717, 1.165) is 122 Å². The van der Waals surface area contributed by atoms with Gasteiger partial charge >= 0.3 is 11.9 Å². The minimum absolute atomic E-state index is 0.0159. The zero-order chi connectivity index (χ0) is 45.0. The SMILES string of the molecule is CCCCCCC(CCCCCC)CCCC(=O)OCCCCCCCN(CCCCCCCOC(=O)CCCC(CCCCCC)CCCCCC)C(=O)CCN1CCCC1. The number of nitrogens with zero attached hydrogens (tertiary/aromatic N) is 2. The standard InChI is InChI=1S/C55H106N2O5/c1-5-9-13-23-35-51(36-24-14-10-6-2)39-33-41-54(59)61-49-31-21-17-19-27-46-57(53(58)43-48-56-44-29-30-45-56)47-28-20-18-22-32-50-62-55(60)42-34-40-52(37-25-15-11-7-3)38-26-16-12-8-4/h51-52H,5-50H2,1-4H3. The zero-order valence-electron chi connectivity index (χ0n) is 42.1. The highest BCUT2D eigenvalue weighted by atomic mass is 16.5. The Labute approximate surface area is 386 Å². The van der Waals surface area contributed by atoms with Gasteiger partial charge in [0.2, 0.25) is 5.91 Å². The minimum atomic E-state index is -0.0159. The third kappa shape index (κ3) is 36.7. The summed E-state index contributed by atoms with van der Waals surface area (Å²) in [5.41, 5.74) is 0. The maximum Gasteiger partial charge on any atom is 0.305 e. The quantitative estimate of drug-likeness (QED) is 0.0448. The van der Waals surface area contributed by atoms with Crippen LogP contribution >= 0.6 is 0 Å². The first kappa shape index (κ1) is 58.4. The van der Waals surface area contributed by atoms with Crippen molar-refractivity contribution >= 4 is 17.8 Å². The van der Waals surface area contributed by atoms with Crippen molar-refractivity contribution in [3.63, 3.8) is 0 Å². The normalized spacial score (nSPS) is 13.1. The van der Waals surface area contributed by atoms with Gasteiger partial charge in [-0.1, -0.05) is 195 Å². The van der Waals surface area contributed by atoms with Crippen LogP contribution in [-0.4, -0.2) is 73.6 Å². The molecule has 0 atom stereocenters. The molecule has 0 N–H and O–H groups in total. The molecule has 1 aliphatic heterocycles. The summed E-state index contributed by atoms with van der Waals surface area (Å²) in [7, 11) is 0. The van der Waals surface area contributed by atoms with E-state index in [9.17, 15) is 14.4 Å². The summed E-state index contributed by atoms with van der Waals surface area (Å²) in [6.07, 6.45) is 45.7. The topological polar surface area (TPSA) is 76.1 Å². The van der Waals surface area contributed by atoms with Gasteiger partial charge in [-0.15, -0.1) is 0 Å². The van der Waals surface area contributed by atoms with Crippen molar-refractivity contribution in [2.75, 3.05) is 45.9 Å². The molecule has 0 spiro atoms. The van der Waals surface area contributed by atoms with Crippen LogP contribution in [0.5, 0.6) is 0 Å². The highest BCUT2D eigenvalue weighted by molar-refractivity contribution is 5.76. The predicted molar refractivity (Wildman–Crippen MR) is 265 cm³/mol. The third-order valence-corrected chi connectivity index (χ3v) is 13.7. The Morgan fingerprint density at radius 3 is 1.15 bits per heavy atom.